The molecule has 0 amide bonds. The van der Waals surface area contributed by atoms with E-state index in [1.165, 1.54) is 7.05 Å². The Morgan fingerprint density at radius 1 is 1.25 bits per heavy atom. The van der Waals surface area contributed by atoms with Crippen molar-refractivity contribution >= 4 is 11.6 Å². The van der Waals surface area contributed by atoms with E-state index in [9.17, 15) is 13.2 Å². The maximum Gasteiger partial charge on any atom is 0.416 e. The van der Waals surface area contributed by atoms with Gasteiger partial charge < -0.3 is 10.6 Å². The van der Waals surface area contributed by atoms with Crippen molar-refractivity contribution in [3.05, 3.63) is 17.7 Å². The van der Waals surface area contributed by atoms with Crippen molar-refractivity contribution in [3.63, 3.8) is 0 Å². The summed E-state index contributed by atoms with van der Waals surface area (Å²) in [6, 6.07) is 1.99. The van der Waals surface area contributed by atoms with Crippen LogP contribution in [0.25, 0.3) is 0 Å². The fraction of sp³-hybridized carbons (Fsp3) is 0.500. The highest BCUT2D eigenvalue weighted by atomic mass is 19.4. The number of aromatic nitrogens is 1. The van der Waals surface area contributed by atoms with Crippen molar-refractivity contribution in [3.8, 4) is 0 Å². The average Bonchev–Trinajstić information content (AvgIpc) is 2.24. The Kier molecular flexibility index (Phi) is 3.98. The summed E-state index contributed by atoms with van der Waals surface area (Å²) in [5, 5.41) is 5.44. The largest absolute Gasteiger partial charge is 0.416 e. The van der Waals surface area contributed by atoms with Crippen LogP contribution in [0.3, 0.4) is 0 Å². The minimum absolute atomic E-state index is 0.202. The lowest BCUT2D eigenvalue weighted by Crippen LogP contribution is -2.10. The first kappa shape index (κ1) is 12.6. The lowest BCUT2D eigenvalue weighted by molar-refractivity contribution is -0.137. The number of hydrogen-bond donors (Lipinski definition) is 2. The normalized spacial score (nSPS) is 11.3. The van der Waals surface area contributed by atoms with Crippen LogP contribution < -0.4 is 10.6 Å². The van der Waals surface area contributed by atoms with E-state index in [1.54, 1.807) is 0 Å². The van der Waals surface area contributed by atoms with Crippen LogP contribution in [0.2, 0.25) is 0 Å². The van der Waals surface area contributed by atoms with E-state index in [-0.39, 0.29) is 11.6 Å². The van der Waals surface area contributed by atoms with Gasteiger partial charge >= 0.3 is 6.18 Å². The molecular weight excluding hydrogens is 219 g/mol. The first-order valence-electron chi connectivity index (χ1n) is 4.98. The maximum atomic E-state index is 12.5. The number of pyridine rings is 1. The van der Waals surface area contributed by atoms with Crippen molar-refractivity contribution in [1.82, 2.24) is 4.98 Å². The summed E-state index contributed by atoms with van der Waals surface area (Å²) in [5.74, 6) is 0.439. The third-order valence-electron chi connectivity index (χ3n) is 1.96. The first-order valence-corrected chi connectivity index (χ1v) is 4.98. The van der Waals surface area contributed by atoms with Gasteiger partial charge in [-0.15, -0.1) is 0 Å². The number of nitrogens with one attached hydrogen (secondary N) is 2. The molecule has 0 aliphatic heterocycles. The fourth-order valence-corrected chi connectivity index (χ4v) is 1.17. The third-order valence-corrected chi connectivity index (χ3v) is 1.96. The predicted molar refractivity (Wildman–Crippen MR) is 57.6 cm³/mol. The molecule has 0 saturated heterocycles. The molecule has 16 heavy (non-hydrogen) atoms. The Morgan fingerprint density at radius 3 is 2.38 bits per heavy atom. The van der Waals surface area contributed by atoms with Gasteiger partial charge in [0.1, 0.15) is 11.6 Å². The van der Waals surface area contributed by atoms with E-state index in [0.717, 1.165) is 18.6 Å². The second-order valence-corrected chi connectivity index (χ2v) is 3.30. The van der Waals surface area contributed by atoms with Gasteiger partial charge in [-0.25, -0.2) is 4.98 Å². The molecule has 0 bridgehead atoms. The van der Waals surface area contributed by atoms with E-state index < -0.39 is 11.7 Å². The molecule has 0 saturated carbocycles. The number of hydrogen-bond acceptors (Lipinski definition) is 3. The lowest BCUT2D eigenvalue weighted by Gasteiger charge is -2.12. The summed E-state index contributed by atoms with van der Waals surface area (Å²) < 4.78 is 37.6. The zero-order chi connectivity index (χ0) is 12.2. The van der Waals surface area contributed by atoms with Crippen molar-refractivity contribution in [2.45, 2.75) is 19.5 Å². The molecule has 1 heterocycles. The lowest BCUT2D eigenvalue weighted by atomic mass is 10.2. The highest BCUT2D eigenvalue weighted by Gasteiger charge is 2.31. The number of nitrogens with zero attached hydrogens (tertiary/aromatic N) is 1. The quantitative estimate of drug-likeness (QED) is 0.839. The third kappa shape index (κ3) is 3.29. The predicted octanol–water partition coefficient (Wildman–Crippen LogP) is 2.96. The molecule has 0 aliphatic carbocycles. The highest BCUT2D eigenvalue weighted by Crippen LogP contribution is 2.31. The first-order chi connectivity index (χ1) is 7.47. The van der Waals surface area contributed by atoms with Gasteiger partial charge in [0.25, 0.3) is 0 Å². The van der Waals surface area contributed by atoms with E-state index in [4.69, 9.17) is 0 Å². The van der Waals surface area contributed by atoms with Crippen LogP contribution >= 0.6 is 0 Å². The van der Waals surface area contributed by atoms with Crippen LogP contribution in [0.5, 0.6) is 0 Å². The van der Waals surface area contributed by atoms with E-state index in [2.05, 4.69) is 15.6 Å². The SMILES string of the molecule is CCCNc1cc(C(F)(F)F)cc(NC)n1. The molecule has 0 aliphatic rings. The average molecular weight is 233 g/mol. The highest BCUT2D eigenvalue weighted by molar-refractivity contribution is 5.49. The summed E-state index contributed by atoms with van der Waals surface area (Å²) in [7, 11) is 1.53. The summed E-state index contributed by atoms with van der Waals surface area (Å²) >= 11 is 0. The van der Waals surface area contributed by atoms with Gasteiger partial charge in [0.05, 0.1) is 5.56 Å². The molecule has 2 N–H and O–H groups in total. The Hall–Kier alpha value is -1.46. The van der Waals surface area contributed by atoms with Crippen LogP contribution in [0.1, 0.15) is 18.9 Å². The standard InChI is InChI=1S/C10H14F3N3/c1-3-4-15-9-6-7(10(11,12)13)5-8(14-2)16-9/h5-6H,3-4H2,1-2H3,(H2,14,15,16). The molecule has 6 heteroatoms. The van der Waals surface area contributed by atoms with E-state index in [1.807, 2.05) is 6.92 Å². The Bertz CT molecular complexity index is 350. The molecule has 0 aromatic carbocycles. The molecule has 0 spiro atoms. The molecule has 1 aromatic rings. The van der Waals surface area contributed by atoms with Crippen LogP contribution in [-0.2, 0) is 6.18 Å². The zero-order valence-corrected chi connectivity index (χ0v) is 9.15. The molecule has 0 radical (unpaired) electrons. The molecular formula is C10H14F3N3. The second kappa shape index (κ2) is 5.05. The van der Waals surface area contributed by atoms with Gasteiger partial charge in [0.2, 0.25) is 0 Å². The molecule has 1 aromatic heterocycles. The van der Waals surface area contributed by atoms with Gasteiger partial charge in [0, 0.05) is 13.6 Å². The molecule has 90 valence electrons. The fourth-order valence-electron chi connectivity index (χ4n) is 1.17. The second-order valence-electron chi connectivity index (χ2n) is 3.30. The van der Waals surface area contributed by atoms with Crippen LogP contribution in [0, 0.1) is 0 Å². The van der Waals surface area contributed by atoms with Gasteiger partial charge in [-0.05, 0) is 18.6 Å². The Morgan fingerprint density at radius 2 is 1.88 bits per heavy atom. The molecule has 0 atom stereocenters. The zero-order valence-electron chi connectivity index (χ0n) is 9.15. The molecule has 1 rings (SSSR count). The van der Waals surface area contributed by atoms with E-state index >= 15 is 0 Å². The smallest absolute Gasteiger partial charge is 0.373 e. The summed E-state index contributed by atoms with van der Waals surface area (Å²) in [6.45, 7) is 2.52. The van der Waals surface area contributed by atoms with Crippen molar-refractivity contribution in [2.75, 3.05) is 24.2 Å². The summed E-state index contributed by atoms with van der Waals surface area (Å²) in [6.07, 6.45) is -3.52. The summed E-state index contributed by atoms with van der Waals surface area (Å²) in [5.41, 5.74) is -0.703. The van der Waals surface area contributed by atoms with Crippen molar-refractivity contribution in [1.29, 1.82) is 0 Å². The van der Waals surface area contributed by atoms with Crippen LogP contribution in [-0.4, -0.2) is 18.6 Å². The number of anilines is 2. The van der Waals surface area contributed by atoms with Crippen molar-refractivity contribution in [2.24, 2.45) is 0 Å². The monoisotopic (exact) mass is 233 g/mol. The number of halogens is 3. The minimum atomic E-state index is -4.35. The summed E-state index contributed by atoms with van der Waals surface area (Å²) in [4.78, 5) is 3.98. The number of rotatable bonds is 4. The van der Waals surface area contributed by atoms with Gasteiger partial charge in [0.15, 0.2) is 0 Å². The topological polar surface area (TPSA) is 37.0 Å². The number of alkyl halides is 3. The molecule has 3 nitrogen and oxygen atoms in total. The van der Waals surface area contributed by atoms with Crippen LogP contribution in [0.15, 0.2) is 12.1 Å². The molecule has 0 fully saturated rings. The minimum Gasteiger partial charge on any atom is -0.373 e. The van der Waals surface area contributed by atoms with E-state index in [0.29, 0.717) is 6.54 Å². The van der Waals surface area contributed by atoms with Gasteiger partial charge in [-0.1, -0.05) is 6.92 Å². The Labute approximate surface area is 92.1 Å². The van der Waals surface area contributed by atoms with Crippen molar-refractivity contribution < 1.29 is 13.2 Å². The Balaban J connectivity index is 3.01. The van der Waals surface area contributed by atoms with Gasteiger partial charge in [-0.2, -0.15) is 13.2 Å². The van der Waals surface area contributed by atoms with Crippen LogP contribution in [0.4, 0.5) is 24.8 Å². The maximum absolute atomic E-state index is 12.5. The molecule has 0 unspecified atom stereocenters. The van der Waals surface area contributed by atoms with Gasteiger partial charge in [-0.3, -0.25) is 0 Å².